The molecule has 8 heteroatoms. The number of hydrogen-bond donors (Lipinski definition) is 1. The highest BCUT2D eigenvalue weighted by atomic mass is 19.1. The lowest BCUT2D eigenvalue weighted by Crippen LogP contribution is -2.54. The summed E-state index contributed by atoms with van der Waals surface area (Å²) < 4.78 is 23.9. The maximum absolute atomic E-state index is 13.1. The largest absolute Gasteiger partial charge is 0.423 e. The number of aromatic nitrogens is 2. The smallest absolute Gasteiger partial charge is 0.242 e. The lowest BCUT2D eigenvalue weighted by Gasteiger charge is -2.39. The highest BCUT2D eigenvalue weighted by molar-refractivity contribution is 5.77. The van der Waals surface area contributed by atoms with E-state index in [4.69, 9.17) is 9.15 Å². The van der Waals surface area contributed by atoms with Crippen LogP contribution >= 0.6 is 0 Å². The van der Waals surface area contributed by atoms with Gasteiger partial charge in [0.2, 0.25) is 17.7 Å². The van der Waals surface area contributed by atoms with Crippen LogP contribution in [0.1, 0.15) is 29.9 Å². The van der Waals surface area contributed by atoms with Gasteiger partial charge < -0.3 is 19.2 Å². The third-order valence-corrected chi connectivity index (χ3v) is 3.81. The van der Waals surface area contributed by atoms with Crippen LogP contribution in [-0.4, -0.2) is 45.3 Å². The van der Waals surface area contributed by atoms with E-state index in [1.54, 1.807) is 17.9 Å². The number of amides is 1. The standard InChI is InChI=1S/C16H18FN3O4/c1-10-18-19-15(24-10)9-23-13-7-20(8-13)16(22)6-14(21)11-3-2-4-12(17)5-11/h2-5,13-14,21H,6-9H2,1H3. The minimum Gasteiger partial charge on any atom is -0.423 e. The fourth-order valence-electron chi connectivity index (χ4n) is 2.46. The predicted octanol–water partition coefficient (Wildman–Crippen LogP) is 1.37. The summed E-state index contributed by atoms with van der Waals surface area (Å²) in [7, 11) is 0. The molecule has 1 aromatic heterocycles. The average Bonchev–Trinajstić information content (AvgIpc) is 2.91. The van der Waals surface area contributed by atoms with Crippen LogP contribution in [0.4, 0.5) is 4.39 Å². The maximum Gasteiger partial charge on any atom is 0.242 e. The Morgan fingerprint density at radius 2 is 2.29 bits per heavy atom. The molecule has 1 aliphatic heterocycles. The van der Waals surface area contributed by atoms with Crippen LogP contribution in [0.25, 0.3) is 0 Å². The van der Waals surface area contributed by atoms with Crippen molar-refractivity contribution in [3.05, 3.63) is 47.4 Å². The van der Waals surface area contributed by atoms with Crippen LogP contribution in [0.2, 0.25) is 0 Å². The Bertz CT molecular complexity index is 715. The lowest BCUT2D eigenvalue weighted by atomic mass is 10.0. The van der Waals surface area contributed by atoms with Gasteiger partial charge in [-0.15, -0.1) is 10.2 Å². The number of aliphatic hydroxyl groups excluding tert-OH is 1. The molecule has 2 aromatic rings. The normalized spacial score (nSPS) is 16.0. The molecule has 0 radical (unpaired) electrons. The van der Waals surface area contributed by atoms with E-state index >= 15 is 0 Å². The van der Waals surface area contributed by atoms with E-state index in [1.807, 2.05) is 0 Å². The topological polar surface area (TPSA) is 88.7 Å². The number of carbonyl (C=O) groups excluding carboxylic acids is 1. The summed E-state index contributed by atoms with van der Waals surface area (Å²) in [6, 6.07) is 5.62. The van der Waals surface area contributed by atoms with Crippen molar-refractivity contribution in [2.24, 2.45) is 0 Å². The molecule has 1 aliphatic rings. The zero-order valence-electron chi connectivity index (χ0n) is 13.2. The van der Waals surface area contributed by atoms with E-state index in [-0.39, 0.29) is 25.0 Å². The Morgan fingerprint density at radius 3 is 2.96 bits per heavy atom. The van der Waals surface area contributed by atoms with Crippen LogP contribution in [0.3, 0.4) is 0 Å². The highest BCUT2D eigenvalue weighted by Crippen LogP contribution is 2.21. The first-order valence-electron chi connectivity index (χ1n) is 7.63. The maximum atomic E-state index is 13.1. The first-order valence-corrected chi connectivity index (χ1v) is 7.63. The Morgan fingerprint density at radius 1 is 1.50 bits per heavy atom. The molecule has 0 spiro atoms. The number of benzene rings is 1. The third-order valence-electron chi connectivity index (χ3n) is 3.81. The van der Waals surface area contributed by atoms with Crippen LogP contribution < -0.4 is 0 Å². The molecule has 1 fully saturated rings. The number of nitrogens with zero attached hydrogens (tertiary/aromatic N) is 3. The summed E-state index contributed by atoms with van der Waals surface area (Å²) in [5.41, 5.74) is 0.392. The van der Waals surface area contributed by atoms with Gasteiger partial charge in [-0.1, -0.05) is 12.1 Å². The van der Waals surface area contributed by atoms with Gasteiger partial charge in [-0.05, 0) is 17.7 Å². The molecule has 3 rings (SSSR count). The van der Waals surface area contributed by atoms with Crippen LogP contribution in [0, 0.1) is 12.7 Å². The van der Waals surface area contributed by atoms with E-state index in [0.717, 1.165) is 0 Å². The summed E-state index contributed by atoms with van der Waals surface area (Å²) in [5, 5.41) is 17.6. The molecule has 0 saturated carbocycles. The number of rotatable bonds is 6. The van der Waals surface area contributed by atoms with Gasteiger partial charge in [0.15, 0.2) is 0 Å². The Labute approximate surface area is 138 Å². The van der Waals surface area contributed by atoms with Crippen molar-refractivity contribution in [2.75, 3.05) is 13.1 Å². The summed E-state index contributed by atoms with van der Waals surface area (Å²) >= 11 is 0. The summed E-state index contributed by atoms with van der Waals surface area (Å²) in [6.07, 6.45) is -1.19. The third kappa shape index (κ3) is 3.95. The Hall–Kier alpha value is -2.32. The minimum atomic E-state index is -1.02. The highest BCUT2D eigenvalue weighted by Gasteiger charge is 2.32. The molecular weight excluding hydrogens is 317 g/mol. The SMILES string of the molecule is Cc1nnc(COC2CN(C(=O)CC(O)c3cccc(F)c3)C2)o1. The van der Waals surface area contributed by atoms with Gasteiger partial charge in [-0.25, -0.2) is 4.39 Å². The Balaban J connectivity index is 1.41. The van der Waals surface area contributed by atoms with Gasteiger partial charge in [-0.3, -0.25) is 4.79 Å². The molecule has 1 atom stereocenters. The molecule has 1 N–H and O–H groups in total. The first-order chi connectivity index (χ1) is 11.5. The van der Waals surface area contributed by atoms with Gasteiger partial charge in [0.25, 0.3) is 0 Å². The van der Waals surface area contributed by atoms with Gasteiger partial charge in [0.1, 0.15) is 12.4 Å². The van der Waals surface area contributed by atoms with E-state index in [1.165, 1.54) is 18.2 Å². The fourth-order valence-corrected chi connectivity index (χ4v) is 2.46. The molecule has 24 heavy (non-hydrogen) atoms. The zero-order chi connectivity index (χ0) is 17.1. The molecule has 1 saturated heterocycles. The fraction of sp³-hybridized carbons (Fsp3) is 0.438. The van der Waals surface area contributed by atoms with Crippen LogP contribution in [0.15, 0.2) is 28.7 Å². The molecule has 7 nitrogen and oxygen atoms in total. The van der Waals surface area contributed by atoms with E-state index in [2.05, 4.69) is 10.2 Å². The van der Waals surface area contributed by atoms with Gasteiger partial charge in [0.05, 0.1) is 18.6 Å². The van der Waals surface area contributed by atoms with Crippen molar-refractivity contribution < 1.29 is 23.4 Å². The van der Waals surface area contributed by atoms with E-state index in [0.29, 0.717) is 30.4 Å². The zero-order valence-corrected chi connectivity index (χ0v) is 13.2. The van der Waals surface area contributed by atoms with E-state index in [9.17, 15) is 14.3 Å². The number of carbonyl (C=O) groups is 1. The van der Waals surface area contributed by atoms with Gasteiger partial charge in [0, 0.05) is 20.0 Å². The van der Waals surface area contributed by atoms with Crippen molar-refractivity contribution >= 4 is 5.91 Å². The number of ether oxygens (including phenoxy) is 1. The molecule has 1 unspecified atom stereocenters. The molecular formula is C16H18FN3O4. The van der Waals surface area contributed by atoms with Crippen molar-refractivity contribution in [2.45, 2.75) is 32.2 Å². The quantitative estimate of drug-likeness (QED) is 0.858. The number of halogens is 1. The predicted molar refractivity (Wildman–Crippen MR) is 80.2 cm³/mol. The molecule has 0 bridgehead atoms. The van der Waals surface area contributed by atoms with Crippen molar-refractivity contribution in [1.29, 1.82) is 0 Å². The molecule has 0 aliphatic carbocycles. The van der Waals surface area contributed by atoms with Crippen molar-refractivity contribution in [3.63, 3.8) is 0 Å². The molecule has 1 amide bonds. The number of aliphatic hydroxyl groups is 1. The molecule has 1 aromatic carbocycles. The summed E-state index contributed by atoms with van der Waals surface area (Å²) in [4.78, 5) is 13.7. The Kier molecular flexibility index (Phi) is 4.86. The summed E-state index contributed by atoms with van der Waals surface area (Å²) in [5.74, 6) is 0.247. The molecule has 128 valence electrons. The van der Waals surface area contributed by atoms with Crippen LogP contribution in [-0.2, 0) is 16.1 Å². The van der Waals surface area contributed by atoms with E-state index < -0.39 is 11.9 Å². The van der Waals surface area contributed by atoms with Crippen molar-refractivity contribution in [3.8, 4) is 0 Å². The number of aryl methyl sites for hydroxylation is 1. The minimum absolute atomic E-state index is 0.0843. The van der Waals surface area contributed by atoms with Gasteiger partial charge in [-0.2, -0.15) is 0 Å². The number of likely N-dealkylation sites (tertiary alicyclic amines) is 1. The average molecular weight is 335 g/mol. The monoisotopic (exact) mass is 335 g/mol. The lowest BCUT2D eigenvalue weighted by molar-refractivity contribution is -0.148. The first kappa shape index (κ1) is 16.5. The molecule has 2 heterocycles. The second-order valence-electron chi connectivity index (χ2n) is 5.72. The van der Waals surface area contributed by atoms with Gasteiger partial charge >= 0.3 is 0 Å². The number of hydrogen-bond acceptors (Lipinski definition) is 6. The van der Waals surface area contributed by atoms with Crippen molar-refractivity contribution in [1.82, 2.24) is 15.1 Å². The summed E-state index contributed by atoms with van der Waals surface area (Å²) in [6.45, 7) is 2.80. The van der Waals surface area contributed by atoms with Crippen LogP contribution in [0.5, 0.6) is 0 Å². The second kappa shape index (κ2) is 7.06. The second-order valence-corrected chi connectivity index (χ2v) is 5.72.